The van der Waals surface area contributed by atoms with Gasteiger partial charge < -0.3 is 11.5 Å². The Labute approximate surface area is 72.5 Å². The van der Waals surface area contributed by atoms with Crippen molar-refractivity contribution in [2.75, 3.05) is 0 Å². The van der Waals surface area contributed by atoms with Gasteiger partial charge in [-0.15, -0.1) is 0 Å². The van der Waals surface area contributed by atoms with E-state index in [1.54, 1.807) is 0 Å². The maximum atomic E-state index is 5.82. The summed E-state index contributed by atoms with van der Waals surface area (Å²) in [5.41, 5.74) is 11.6. The highest BCUT2D eigenvalue weighted by Gasteiger charge is 2.42. The summed E-state index contributed by atoms with van der Waals surface area (Å²) in [4.78, 5) is -1.18. The topological polar surface area (TPSA) is 52.0 Å². The van der Waals surface area contributed by atoms with Crippen molar-refractivity contribution in [3.63, 3.8) is 0 Å². The van der Waals surface area contributed by atoms with E-state index in [-0.39, 0.29) is 0 Å². The van der Waals surface area contributed by atoms with Crippen LogP contribution in [0.4, 0.5) is 0 Å². The molecular weight excluding hydrogens is 164 g/mol. The van der Waals surface area contributed by atoms with E-state index >= 15 is 0 Å². The Hall–Kier alpha value is 0.620. The van der Waals surface area contributed by atoms with Gasteiger partial charge in [-0.2, -0.15) is 25.3 Å². The average molecular weight is 178 g/mol. The third-order valence-corrected chi connectivity index (χ3v) is 3.54. The summed E-state index contributed by atoms with van der Waals surface area (Å²) in [6, 6.07) is 0. The van der Waals surface area contributed by atoms with E-state index in [1.807, 2.05) is 0 Å². The molecule has 0 aromatic carbocycles. The van der Waals surface area contributed by atoms with E-state index in [9.17, 15) is 0 Å². The predicted molar refractivity (Wildman–Crippen MR) is 50.3 cm³/mol. The van der Waals surface area contributed by atoms with E-state index in [2.05, 4.69) is 25.3 Å². The van der Waals surface area contributed by atoms with Gasteiger partial charge in [0.2, 0.25) is 0 Å². The minimum absolute atomic E-state index is 0.589. The Morgan fingerprint density at radius 3 is 1.40 bits per heavy atom. The first-order chi connectivity index (χ1) is 4.46. The van der Waals surface area contributed by atoms with Crippen molar-refractivity contribution in [2.45, 2.75) is 35.4 Å². The fourth-order valence-corrected chi connectivity index (χ4v) is 1.76. The smallest absolute Gasteiger partial charge is 0.0865 e. The van der Waals surface area contributed by atoms with Crippen LogP contribution in [0.1, 0.15) is 25.7 Å². The number of rotatable bonds is 0. The van der Waals surface area contributed by atoms with E-state index in [0.29, 0.717) is 0 Å². The Bertz CT molecular complexity index is 118. The Morgan fingerprint density at radius 2 is 1.20 bits per heavy atom. The first-order valence-corrected chi connectivity index (χ1v) is 4.38. The average Bonchev–Trinajstić information content (AvgIpc) is 1.77. The van der Waals surface area contributed by atoms with E-state index in [4.69, 9.17) is 11.5 Å². The van der Waals surface area contributed by atoms with Gasteiger partial charge in [-0.05, 0) is 12.8 Å². The molecule has 1 saturated carbocycles. The molecule has 10 heavy (non-hydrogen) atoms. The Morgan fingerprint density at radius 1 is 0.900 bits per heavy atom. The van der Waals surface area contributed by atoms with Gasteiger partial charge in [0.1, 0.15) is 0 Å². The number of hydrogen-bond acceptors (Lipinski definition) is 4. The van der Waals surface area contributed by atoms with Gasteiger partial charge in [-0.25, -0.2) is 0 Å². The largest absolute Gasteiger partial charge is 0.315 e. The molecular formula is C6H14N2S2. The van der Waals surface area contributed by atoms with Gasteiger partial charge >= 0.3 is 0 Å². The maximum Gasteiger partial charge on any atom is 0.0865 e. The molecule has 0 amide bonds. The highest BCUT2D eigenvalue weighted by molar-refractivity contribution is 7.86. The zero-order valence-electron chi connectivity index (χ0n) is 5.88. The molecule has 1 fully saturated rings. The minimum atomic E-state index is -0.589. The van der Waals surface area contributed by atoms with Crippen molar-refractivity contribution >= 4 is 25.3 Å². The molecule has 4 heteroatoms. The molecule has 2 unspecified atom stereocenters. The summed E-state index contributed by atoms with van der Waals surface area (Å²) in [5.74, 6) is 0. The van der Waals surface area contributed by atoms with Crippen LogP contribution in [0.2, 0.25) is 0 Å². The molecule has 0 radical (unpaired) electrons. The molecule has 0 heterocycles. The first kappa shape index (κ1) is 8.71. The molecule has 1 aliphatic rings. The van der Waals surface area contributed by atoms with Crippen molar-refractivity contribution < 1.29 is 0 Å². The minimum Gasteiger partial charge on any atom is -0.315 e. The summed E-state index contributed by atoms with van der Waals surface area (Å²) in [6.07, 6.45) is 3.94. The third-order valence-electron chi connectivity index (χ3n) is 2.12. The van der Waals surface area contributed by atoms with Gasteiger partial charge in [0, 0.05) is 0 Å². The molecule has 1 aliphatic carbocycles. The lowest BCUT2D eigenvalue weighted by Gasteiger charge is -2.42. The van der Waals surface area contributed by atoms with Crippen LogP contribution in [-0.2, 0) is 0 Å². The molecule has 2 nitrogen and oxygen atoms in total. The van der Waals surface area contributed by atoms with Crippen molar-refractivity contribution in [3.05, 3.63) is 0 Å². The standard InChI is InChI=1S/C6H14N2S2/c7-5(9)3-1-2-4-6(5,8)10/h9-10H,1-4,7-8H2. The van der Waals surface area contributed by atoms with Crippen LogP contribution in [0.25, 0.3) is 0 Å². The lowest BCUT2D eigenvalue weighted by atomic mass is 9.90. The van der Waals surface area contributed by atoms with Crippen LogP contribution < -0.4 is 11.5 Å². The van der Waals surface area contributed by atoms with Crippen LogP contribution in [0.15, 0.2) is 0 Å². The fourth-order valence-electron chi connectivity index (χ4n) is 1.22. The fraction of sp³-hybridized carbons (Fsp3) is 1.00. The second-order valence-electron chi connectivity index (χ2n) is 3.06. The second-order valence-corrected chi connectivity index (χ2v) is 4.65. The van der Waals surface area contributed by atoms with Gasteiger partial charge in [-0.1, -0.05) is 12.8 Å². The highest BCUT2D eigenvalue weighted by Crippen LogP contribution is 2.38. The second kappa shape index (κ2) is 2.59. The lowest BCUT2D eigenvalue weighted by molar-refractivity contribution is 0.326. The van der Waals surface area contributed by atoms with E-state index in [1.165, 1.54) is 0 Å². The lowest BCUT2D eigenvalue weighted by Crippen LogP contribution is -2.60. The van der Waals surface area contributed by atoms with Gasteiger partial charge in [0.25, 0.3) is 0 Å². The van der Waals surface area contributed by atoms with Crippen LogP contribution in [0, 0.1) is 0 Å². The van der Waals surface area contributed by atoms with Gasteiger partial charge in [0.15, 0.2) is 0 Å². The normalized spacial score (nSPS) is 49.2. The molecule has 0 aliphatic heterocycles. The summed E-state index contributed by atoms with van der Waals surface area (Å²) in [6.45, 7) is 0. The van der Waals surface area contributed by atoms with Gasteiger partial charge in [-0.3, -0.25) is 0 Å². The van der Waals surface area contributed by atoms with Crippen molar-refractivity contribution in [2.24, 2.45) is 11.5 Å². The number of thiol groups is 2. The van der Waals surface area contributed by atoms with Crippen LogP contribution >= 0.6 is 25.3 Å². The summed E-state index contributed by atoms with van der Waals surface area (Å²) < 4.78 is 0. The molecule has 0 bridgehead atoms. The summed E-state index contributed by atoms with van der Waals surface area (Å²) >= 11 is 8.55. The molecule has 0 spiro atoms. The van der Waals surface area contributed by atoms with Crippen molar-refractivity contribution in [1.29, 1.82) is 0 Å². The summed E-state index contributed by atoms with van der Waals surface area (Å²) in [5, 5.41) is 0. The van der Waals surface area contributed by atoms with Gasteiger partial charge in [0.05, 0.1) is 9.74 Å². The SMILES string of the molecule is NC1(S)CCCCC1(N)S. The number of nitrogens with two attached hydrogens (primary N) is 2. The molecule has 60 valence electrons. The quantitative estimate of drug-likeness (QED) is 0.326. The Balaban J connectivity index is 2.70. The van der Waals surface area contributed by atoms with Crippen LogP contribution in [0.5, 0.6) is 0 Å². The monoisotopic (exact) mass is 178 g/mol. The zero-order valence-corrected chi connectivity index (χ0v) is 7.67. The van der Waals surface area contributed by atoms with E-state index < -0.39 is 9.74 Å². The molecule has 1 rings (SSSR count). The van der Waals surface area contributed by atoms with E-state index in [0.717, 1.165) is 25.7 Å². The Kier molecular flexibility index (Phi) is 2.26. The summed E-state index contributed by atoms with van der Waals surface area (Å²) in [7, 11) is 0. The highest BCUT2D eigenvalue weighted by atomic mass is 32.1. The third kappa shape index (κ3) is 1.44. The number of hydrogen-bond donors (Lipinski definition) is 4. The van der Waals surface area contributed by atoms with Crippen molar-refractivity contribution in [1.82, 2.24) is 0 Å². The van der Waals surface area contributed by atoms with Crippen LogP contribution in [0.3, 0.4) is 0 Å². The van der Waals surface area contributed by atoms with Crippen molar-refractivity contribution in [3.8, 4) is 0 Å². The molecule has 2 atom stereocenters. The molecule has 0 aromatic heterocycles. The molecule has 4 N–H and O–H groups in total. The molecule has 0 saturated heterocycles. The first-order valence-electron chi connectivity index (χ1n) is 3.48. The molecule has 0 aromatic rings. The predicted octanol–water partition coefficient (Wildman–Crippen LogP) is 0.730. The van der Waals surface area contributed by atoms with Crippen LogP contribution in [-0.4, -0.2) is 9.74 Å². The zero-order chi connectivity index (χ0) is 7.83. The maximum absolute atomic E-state index is 5.82.